The number of ether oxygens (including phenoxy) is 1. The Hall–Kier alpha value is -1.99. The molecule has 1 atom stereocenters. The predicted molar refractivity (Wildman–Crippen MR) is 77.9 cm³/mol. The fourth-order valence-electron chi connectivity index (χ4n) is 1.76. The van der Waals surface area contributed by atoms with Crippen LogP contribution in [-0.2, 0) is 0 Å². The molecule has 7 heteroatoms. The first kappa shape index (κ1) is 15.4. The Balaban J connectivity index is 2.36. The van der Waals surface area contributed by atoms with Crippen molar-refractivity contribution in [2.24, 2.45) is 0 Å². The van der Waals surface area contributed by atoms with Crippen molar-refractivity contribution in [1.29, 1.82) is 0 Å². The van der Waals surface area contributed by atoms with Gasteiger partial charge in [-0.05, 0) is 30.7 Å². The Morgan fingerprint density at radius 2 is 2.05 bits per heavy atom. The second-order valence-corrected chi connectivity index (χ2v) is 5.18. The van der Waals surface area contributed by atoms with Crippen molar-refractivity contribution >= 4 is 21.6 Å². The number of hydrogen-bond acceptors (Lipinski definition) is 4. The van der Waals surface area contributed by atoms with Gasteiger partial charge in [-0.3, -0.25) is 10.1 Å². The summed E-state index contributed by atoms with van der Waals surface area (Å²) in [5.41, 5.74) is 0.322. The lowest BCUT2D eigenvalue weighted by Crippen LogP contribution is -1.96. The molecule has 0 spiro atoms. The Bertz CT molecular complexity index is 691. The molecule has 0 heterocycles. The Morgan fingerprint density at radius 1 is 1.33 bits per heavy atom. The van der Waals surface area contributed by atoms with Gasteiger partial charge < -0.3 is 9.84 Å². The monoisotopic (exact) mass is 355 g/mol. The SMILES string of the molecule is C[C@@H](O)c1ccc(Oc2cc(F)ccc2[N+](=O)[O-])cc1Br. The largest absolute Gasteiger partial charge is 0.450 e. The molecule has 0 radical (unpaired) electrons. The van der Waals surface area contributed by atoms with Crippen LogP contribution >= 0.6 is 15.9 Å². The van der Waals surface area contributed by atoms with E-state index in [0.717, 1.165) is 18.2 Å². The molecule has 0 saturated carbocycles. The number of nitro groups is 1. The van der Waals surface area contributed by atoms with Gasteiger partial charge in [-0.1, -0.05) is 22.0 Å². The van der Waals surface area contributed by atoms with E-state index in [2.05, 4.69) is 15.9 Å². The highest BCUT2D eigenvalue weighted by Gasteiger charge is 2.17. The standard InChI is InChI=1S/C14H11BrFNO4/c1-8(18)11-4-3-10(7-12(11)15)21-14-6-9(16)2-5-13(14)17(19)20/h2-8,18H,1H3/t8-/m1/s1. The zero-order valence-corrected chi connectivity index (χ0v) is 12.5. The van der Waals surface area contributed by atoms with E-state index >= 15 is 0 Å². The first-order valence-corrected chi connectivity index (χ1v) is 6.77. The van der Waals surface area contributed by atoms with Crippen molar-refractivity contribution in [3.8, 4) is 11.5 Å². The van der Waals surface area contributed by atoms with Gasteiger partial charge in [0.2, 0.25) is 5.75 Å². The van der Waals surface area contributed by atoms with Gasteiger partial charge >= 0.3 is 5.69 Å². The number of halogens is 2. The topological polar surface area (TPSA) is 72.6 Å². The normalized spacial score (nSPS) is 12.0. The number of nitro benzene ring substituents is 1. The van der Waals surface area contributed by atoms with E-state index in [9.17, 15) is 19.6 Å². The van der Waals surface area contributed by atoms with Gasteiger partial charge in [-0.25, -0.2) is 4.39 Å². The van der Waals surface area contributed by atoms with E-state index in [-0.39, 0.29) is 11.4 Å². The van der Waals surface area contributed by atoms with Crippen LogP contribution in [0.5, 0.6) is 11.5 Å². The van der Waals surface area contributed by atoms with E-state index < -0.39 is 16.8 Å². The molecule has 0 aliphatic carbocycles. The molecule has 1 N–H and O–H groups in total. The molecule has 5 nitrogen and oxygen atoms in total. The summed E-state index contributed by atoms with van der Waals surface area (Å²) >= 11 is 3.28. The van der Waals surface area contributed by atoms with Gasteiger partial charge in [0.05, 0.1) is 11.0 Å². The van der Waals surface area contributed by atoms with Crippen LogP contribution in [0.4, 0.5) is 10.1 Å². The molecular weight excluding hydrogens is 345 g/mol. The molecule has 0 aromatic heterocycles. The fourth-order valence-corrected chi connectivity index (χ4v) is 2.45. The maximum Gasteiger partial charge on any atom is 0.311 e. The molecule has 2 rings (SSSR count). The van der Waals surface area contributed by atoms with E-state index in [0.29, 0.717) is 15.8 Å². The zero-order valence-electron chi connectivity index (χ0n) is 10.9. The minimum atomic E-state index is -0.670. The maximum absolute atomic E-state index is 13.2. The third kappa shape index (κ3) is 3.56. The van der Waals surface area contributed by atoms with Crippen molar-refractivity contribution in [2.45, 2.75) is 13.0 Å². The van der Waals surface area contributed by atoms with Crippen molar-refractivity contribution in [2.75, 3.05) is 0 Å². The summed E-state index contributed by atoms with van der Waals surface area (Å²) in [6.07, 6.45) is -0.670. The van der Waals surface area contributed by atoms with Crippen LogP contribution in [0.15, 0.2) is 40.9 Å². The highest BCUT2D eigenvalue weighted by Crippen LogP contribution is 2.34. The molecule has 2 aromatic rings. The molecule has 0 saturated heterocycles. The summed E-state index contributed by atoms with van der Waals surface area (Å²) in [7, 11) is 0. The quantitative estimate of drug-likeness (QED) is 0.653. The fraction of sp³-hybridized carbons (Fsp3) is 0.143. The molecule has 0 aliphatic rings. The second kappa shape index (κ2) is 6.19. The molecule has 110 valence electrons. The average molecular weight is 356 g/mol. The van der Waals surface area contributed by atoms with Gasteiger partial charge in [-0.15, -0.1) is 0 Å². The Kier molecular flexibility index (Phi) is 4.54. The van der Waals surface area contributed by atoms with Crippen LogP contribution < -0.4 is 4.74 Å². The number of aliphatic hydroxyl groups is 1. The van der Waals surface area contributed by atoms with Gasteiger partial charge in [0, 0.05) is 16.6 Å². The lowest BCUT2D eigenvalue weighted by Gasteiger charge is -2.11. The van der Waals surface area contributed by atoms with Crippen molar-refractivity contribution in [3.63, 3.8) is 0 Å². The minimum absolute atomic E-state index is 0.184. The van der Waals surface area contributed by atoms with Crippen LogP contribution in [0, 0.1) is 15.9 Å². The highest BCUT2D eigenvalue weighted by molar-refractivity contribution is 9.10. The van der Waals surface area contributed by atoms with Gasteiger partial charge in [-0.2, -0.15) is 0 Å². The van der Waals surface area contributed by atoms with E-state index in [4.69, 9.17) is 4.74 Å². The minimum Gasteiger partial charge on any atom is -0.450 e. The number of hydrogen-bond donors (Lipinski definition) is 1. The second-order valence-electron chi connectivity index (χ2n) is 4.33. The third-order valence-corrected chi connectivity index (χ3v) is 3.46. The van der Waals surface area contributed by atoms with E-state index in [1.54, 1.807) is 25.1 Å². The van der Waals surface area contributed by atoms with Crippen LogP contribution in [0.25, 0.3) is 0 Å². The molecule has 0 aliphatic heterocycles. The zero-order chi connectivity index (χ0) is 15.6. The summed E-state index contributed by atoms with van der Waals surface area (Å²) in [5, 5.41) is 20.4. The molecule has 0 fully saturated rings. The van der Waals surface area contributed by atoms with Crippen LogP contribution in [0.3, 0.4) is 0 Å². The lowest BCUT2D eigenvalue weighted by atomic mass is 10.1. The summed E-state index contributed by atoms with van der Waals surface area (Å²) < 4.78 is 19.2. The van der Waals surface area contributed by atoms with E-state index in [1.807, 2.05) is 0 Å². The number of nitrogens with zero attached hydrogens (tertiary/aromatic N) is 1. The lowest BCUT2D eigenvalue weighted by molar-refractivity contribution is -0.385. The molecule has 2 aromatic carbocycles. The number of aliphatic hydroxyl groups excluding tert-OH is 1. The number of rotatable bonds is 4. The molecule has 0 unspecified atom stereocenters. The first-order valence-electron chi connectivity index (χ1n) is 5.98. The van der Waals surface area contributed by atoms with E-state index in [1.165, 1.54) is 0 Å². The van der Waals surface area contributed by atoms with Gasteiger partial charge in [0.25, 0.3) is 0 Å². The predicted octanol–water partition coefficient (Wildman–Crippen LogP) is 4.34. The first-order chi connectivity index (χ1) is 9.88. The highest BCUT2D eigenvalue weighted by atomic mass is 79.9. The van der Waals surface area contributed by atoms with Gasteiger partial charge in [0.1, 0.15) is 11.6 Å². The molecule has 21 heavy (non-hydrogen) atoms. The smallest absolute Gasteiger partial charge is 0.311 e. The molecule has 0 amide bonds. The maximum atomic E-state index is 13.2. The Morgan fingerprint density at radius 3 is 2.62 bits per heavy atom. The van der Waals surface area contributed by atoms with Crippen molar-refractivity contribution < 1.29 is 19.2 Å². The third-order valence-electron chi connectivity index (χ3n) is 2.77. The van der Waals surface area contributed by atoms with Crippen LogP contribution in [0.2, 0.25) is 0 Å². The van der Waals surface area contributed by atoms with Crippen molar-refractivity contribution in [3.05, 3.63) is 62.4 Å². The summed E-state index contributed by atoms with van der Waals surface area (Å²) in [4.78, 5) is 10.2. The van der Waals surface area contributed by atoms with Crippen LogP contribution in [0.1, 0.15) is 18.6 Å². The van der Waals surface area contributed by atoms with Crippen LogP contribution in [-0.4, -0.2) is 10.0 Å². The summed E-state index contributed by atoms with van der Waals surface area (Å²) in [6.45, 7) is 1.61. The average Bonchev–Trinajstić information content (AvgIpc) is 2.37. The van der Waals surface area contributed by atoms with Gasteiger partial charge in [0.15, 0.2) is 0 Å². The van der Waals surface area contributed by atoms with Crippen molar-refractivity contribution in [1.82, 2.24) is 0 Å². The molecule has 0 bridgehead atoms. The summed E-state index contributed by atoms with van der Waals surface area (Å²) in [6, 6.07) is 7.71. The molecular formula is C14H11BrFNO4. The summed E-state index contributed by atoms with van der Waals surface area (Å²) in [5.74, 6) is -0.521. The number of benzene rings is 2. The Labute approximate surface area is 128 Å².